The third kappa shape index (κ3) is 4.22. The van der Waals surface area contributed by atoms with Gasteiger partial charge in [-0.3, -0.25) is 4.79 Å². The van der Waals surface area contributed by atoms with Crippen LogP contribution in [0.25, 0.3) is 0 Å². The van der Waals surface area contributed by atoms with Gasteiger partial charge in [-0.05, 0) is 44.0 Å². The van der Waals surface area contributed by atoms with E-state index < -0.39 is 5.60 Å². The summed E-state index contributed by atoms with van der Waals surface area (Å²) < 4.78 is 6.49. The molecule has 6 heteroatoms. The van der Waals surface area contributed by atoms with E-state index in [1.54, 1.807) is 6.07 Å². The normalized spacial score (nSPS) is 17.1. The Morgan fingerprint density at radius 1 is 1.06 bits per heavy atom. The average molecular weight is 462 g/mol. The smallest absolute Gasteiger partial charge is 0.170 e. The Morgan fingerprint density at radius 2 is 1.79 bits per heavy atom. The molecule has 170 valence electrons. The van der Waals surface area contributed by atoms with Gasteiger partial charge in [-0.15, -0.1) is 0 Å². The number of hydrogen-bond donors (Lipinski definition) is 0. The summed E-state index contributed by atoms with van der Waals surface area (Å²) in [5, 5.41) is 0.608. The highest BCUT2D eigenvalue weighted by atomic mass is 35.5. The fraction of sp³-hybridized carbons (Fsp3) is 0.370. The fourth-order valence-electron chi connectivity index (χ4n) is 5.01. The van der Waals surface area contributed by atoms with Gasteiger partial charge in [0.1, 0.15) is 23.0 Å². The van der Waals surface area contributed by atoms with Gasteiger partial charge in [0.2, 0.25) is 0 Å². The first-order valence-corrected chi connectivity index (χ1v) is 11.9. The van der Waals surface area contributed by atoms with Crippen LogP contribution in [0.1, 0.15) is 57.8 Å². The fourth-order valence-corrected chi connectivity index (χ4v) is 5.17. The van der Waals surface area contributed by atoms with Crippen LogP contribution in [0.15, 0.2) is 42.5 Å². The molecule has 0 atom stereocenters. The minimum Gasteiger partial charge on any atom is -0.486 e. The number of ketones is 1. The first-order chi connectivity index (χ1) is 15.8. The molecule has 0 unspecified atom stereocenters. The van der Waals surface area contributed by atoms with Crippen molar-refractivity contribution in [1.29, 1.82) is 0 Å². The SMILES string of the molecule is Cc1nc(C)c(Cc2ccccc2)c(N2CCC3(CC2)CC(=O)c2cc(Cl)c(C)cc2O3)n1. The zero-order valence-electron chi connectivity index (χ0n) is 19.3. The second-order valence-electron chi connectivity index (χ2n) is 9.29. The van der Waals surface area contributed by atoms with Gasteiger partial charge in [0, 0.05) is 48.6 Å². The van der Waals surface area contributed by atoms with Crippen molar-refractivity contribution in [2.45, 2.75) is 52.1 Å². The van der Waals surface area contributed by atoms with Crippen LogP contribution in [-0.4, -0.2) is 34.4 Å². The van der Waals surface area contributed by atoms with E-state index in [0.717, 1.165) is 55.3 Å². The van der Waals surface area contributed by atoms with Gasteiger partial charge in [0.05, 0.1) is 12.0 Å². The molecule has 0 saturated carbocycles. The van der Waals surface area contributed by atoms with E-state index >= 15 is 0 Å². The van der Waals surface area contributed by atoms with Crippen LogP contribution in [0.3, 0.4) is 0 Å². The quantitative estimate of drug-likeness (QED) is 0.504. The molecule has 0 radical (unpaired) electrons. The molecule has 0 aliphatic carbocycles. The molecule has 2 aliphatic heterocycles. The molecule has 1 spiro atoms. The molecular weight excluding hydrogens is 434 g/mol. The van der Waals surface area contributed by atoms with Crippen molar-refractivity contribution >= 4 is 23.2 Å². The van der Waals surface area contributed by atoms with E-state index in [2.05, 4.69) is 41.1 Å². The number of carbonyl (C=O) groups is 1. The first kappa shape index (κ1) is 21.9. The minimum atomic E-state index is -0.461. The summed E-state index contributed by atoms with van der Waals surface area (Å²) in [5.74, 6) is 2.57. The van der Waals surface area contributed by atoms with Crippen molar-refractivity contribution in [2.24, 2.45) is 0 Å². The van der Waals surface area contributed by atoms with E-state index in [1.165, 1.54) is 11.1 Å². The Morgan fingerprint density at radius 3 is 2.52 bits per heavy atom. The molecule has 2 aliphatic rings. The third-order valence-corrected chi connectivity index (χ3v) is 7.28. The van der Waals surface area contributed by atoms with Crippen molar-refractivity contribution in [3.05, 3.63) is 81.3 Å². The van der Waals surface area contributed by atoms with Crippen LogP contribution in [0.5, 0.6) is 5.75 Å². The molecule has 0 bridgehead atoms. The van der Waals surface area contributed by atoms with Crippen LogP contribution in [0.4, 0.5) is 5.82 Å². The molecule has 3 heterocycles. The first-order valence-electron chi connectivity index (χ1n) is 11.5. The summed E-state index contributed by atoms with van der Waals surface area (Å²) in [5.41, 5.74) is 4.50. The number of rotatable bonds is 3. The molecule has 5 rings (SSSR count). The number of hydrogen-bond acceptors (Lipinski definition) is 5. The Bertz CT molecular complexity index is 1220. The van der Waals surface area contributed by atoms with Gasteiger partial charge in [-0.1, -0.05) is 41.9 Å². The molecule has 1 saturated heterocycles. The van der Waals surface area contributed by atoms with Crippen LogP contribution >= 0.6 is 11.6 Å². The number of aryl methyl sites for hydroxylation is 3. The molecule has 0 N–H and O–H groups in total. The highest BCUT2D eigenvalue weighted by Gasteiger charge is 2.43. The largest absolute Gasteiger partial charge is 0.486 e. The lowest BCUT2D eigenvalue weighted by molar-refractivity contribution is 0.0230. The molecule has 1 fully saturated rings. The van der Waals surface area contributed by atoms with Crippen molar-refractivity contribution in [3.8, 4) is 5.75 Å². The monoisotopic (exact) mass is 461 g/mol. The summed E-state index contributed by atoms with van der Waals surface area (Å²) in [4.78, 5) is 24.8. The van der Waals surface area contributed by atoms with E-state index in [-0.39, 0.29) is 5.78 Å². The number of ether oxygens (including phenoxy) is 1. The number of carbonyl (C=O) groups excluding carboxylic acids is 1. The number of halogens is 1. The van der Waals surface area contributed by atoms with Crippen LogP contribution in [0.2, 0.25) is 5.02 Å². The predicted octanol–water partition coefficient (Wildman–Crippen LogP) is 5.65. The number of aromatic nitrogens is 2. The Hall–Kier alpha value is -2.92. The van der Waals surface area contributed by atoms with Gasteiger partial charge in [-0.25, -0.2) is 9.97 Å². The molecule has 2 aromatic carbocycles. The maximum absolute atomic E-state index is 12.9. The van der Waals surface area contributed by atoms with Gasteiger partial charge in [0.25, 0.3) is 0 Å². The number of fused-ring (bicyclic) bond motifs is 1. The summed E-state index contributed by atoms with van der Waals surface area (Å²) in [7, 11) is 0. The predicted molar refractivity (Wildman–Crippen MR) is 131 cm³/mol. The van der Waals surface area contributed by atoms with Crippen molar-refractivity contribution < 1.29 is 9.53 Å². The summed E-state index contributed by atoms with van der Waals surface area (Å²) in [6, 6.07) is 14.1. The summed E-state index contributed by atoms with van der Waals surface area (Å²) in [6.07, 6.45) is 2.73. The lowest BCUT2D eigenvalue weighted by Gasteiger charge is -2.44. The lowest BCUT2D eigenvalue weighted by atomic mass is 9.82. The number of piperidine rings is 1. The third-order valence-electron chi connectivity index (χ3n) is 6.87. The number of benzene rings is 2. The summed E-state index contributed by atoms with van der Waals surface area (Å²) >= 11 is 6.25. The van der Waals surface area contributed by atoms with E-state index in [1.807, 2.05) is 26.0 Å². The molecule has 0 amide bonds. The molecule has 1 aromatic heterocycles. The van der Waals surface area contributed by atoms with Crippen molar-refractivity contribution in [2.75, 3.05) is 18.0 Å². The van der Waals surface area contributed by atoms with Crippen molar-refractivity contribution in [1.82, 2.24) is 9.97 Å². The second-order valence-corrected chi connectivity index (χ2v) is 9.70. The topological polar surface area (TPSA) is 55.3 Å². The van der Waals surface area contributed by atoms with Gasteiger partial charge in [0.15, 0.2) is 5.78 Å². The Kier molecular flexibility index (Phi) is 5.61. The van der Waals surface area contributed by atoms with Gasteiger partial charge in [-0.2, -0.15) is 0 Å². The molecule has 3 aromatic rings. The highest BCUT2D eigenvalue weighted by molar-refractivity contribution is 6.31. The standard InChI is InChI=1S/C27H28ClN3O2/c1-17-13-25-22(15-23(17)28)24(32)16-27(33-25)9-11-31(12-10-27)26-21(18(2)29-19(3)30-26)14-20-7-5-4-6-8-20/h4-8,13,15H,9-12,14,16H2,1-3H3. The van der Waals surface area contributed by atoms with Gasteiger partial charge < -0.3 is 9.64 Å². The van der Waals surface area contributed by atoms with E-state index in [4.69, 9.17) is 21.3 Å². The highest BCUT2D eigenvalue weighted by Crippen LogP contribution is 2.42. The Labute approximate surface area is 199 Å². The summed E-state index contributed by atoms with van der Waals surface area (Å²) in [6.45, 7) is 7.52. The minimum absolute atomic E-state index is 0.116. The number of anilines is 1. The number of nitrogens with zero attached hydrogens (tertiary/aromatic N) is 3. The van der Waals surface area contributed by atoms with E-state index in [0.29, 0.717) is 22.8 Å². The van der Waals surface area contributed by atoms with Crippen LogP contribution in [-0.2, 0) is 6.42 Å². The molecule has 33 heavy (non-hydrogen) atoms. The van der Waals surface area contributed by atoms with E-state index in [9.17, 15) is 4.79 Å². The van der Waals surface area contributed by atoms with Crippen LogP contribution < -0.4 is 9.64 Å². The van der Waals surface area contributed by atoms with Crippen molar-refractivity contribution in [3.63, 3.8) is 0 Å². The Balaban J connectivity index is 1.39. The average Bonchev–Trinajstić information content (AvgIpc) is 2.78. The van der Waals surface area contributed by atoms with Gasteiger partial charge >= 0.3 is 0 Å². The molecular formula is C27H28ClN3O2. The van der Waals surface area contributed by atoms with Crippen LogP contribution in [0, 0.1) is 20.8 Å². The maximum atomic E-state index is 12.9. The number of Topliss-reactive ketones (excluding diaryl/α,β-unsaturated/α-hetero) is 1. The maximum Gasteiger partial charge on any atom is 0.170 e. The lowest BCUT2D eigenvalue weighted by Crippen LogP contribution is -2.51. The molecule has 5 nitrogen and oxygen atoms in total. The zero-order valence-corrected chi connectivity index (χ0v) is 20.1. The zero-order chi connectivity index (χ0) is 23.2. The second kappa shape index (κ2) is 8.45.